The molecule has 8 heteroatoms. The Bertz CT molecular complexity index is 601. The predicted octanol–water partition coefficient (Wildman–Crippen LogP) is 3.16. The highest BCUT2D eigenvalue weighted by Crippen LogP contribution is 2.27. The van der Waals surface area contributed by atoms with Crippen molar-refractivity contribution in [3.8, 4) is 5.75 Å². The lowest BCUT2D eigenvalue weighted by Gasteiger charge is -2.07. The SMILES string of the molecule is CCCCCOC(=O)CCC(=O)OCc1ccc(OC)c([N+](=O)[O-])c1. The molecule has 0 aliphatic heterocycles. The van der Waals surface area contributed by atoms with Crippen molar-refractivity contribution in [2.75, 3.05) is 13.7 Å². The summed E-state index contributed by atoms with van der Waals surface area (Å²) in [4.78, 5) is 33.5. The molecule has 0 atom stereocenters. The minimum atomic E-state index is -0.571. The summed E-state index contributed by atoms with van der Waals surface area (Å²) in [7, 11) is 1.34. The Labute approximate surface area is 146 Å². The van der Waals surface area contributed by atoms with Crippen molar-refractivity contribution in [1.82, 2.24) is 0 Å². The van der Waals surface area contributed by atoms with E-state index in [-0.39, 0.29) is 30.9 Å². The quantitative estimate of drug-likeness (QED) is 0.260. The van der Waals surface area contributed by atoms with Crippen molar-refractivity contribution >= 4 is 17.6 Å². The topological polar surface area (TPSA) is 105 Å². The second kappa shape index (κ2) is 11.0. The fourth-order valence-corrected chi connectivity index (χ4v) is 2.02. The Hall–Kier alpha value is -2.64. The normalized spacial score (nSPS) is 10.2. The van der Waals surface area contributed by atoms with Crippen LogP contribution in [0.15, 0.2) is 18.2 Å². The van der Waals surface area contributed by atoms with E-state index in [0.29, 0.717) is 12.2 Å². The lowest BCUT2D eigenvalue weighted by atomic mass is 10.2. The van der Waals surface area contributed by atoms with Crippen LogP contribution >= 0.6 is 0 Å². The van der Waals surface area contributed by atoms with Crippen molar-refractivity contribution < 1.29 is 28.7 Å². The molecule has 0 spiro atoms. The maximum atomic E-state index is 11.7. The van der Waals surface area contributed by atoms with Gasteiger partial charge in [-0.15, -0.1) is 0 Å². The van der Waals surface area contributed by atoms with Crippen molar-refractivity contribution in [1.29, 1.82) is 0 Å². The first kappa shape index (κ1) is 20.4. The molecule has 0 aliphatic rings. The average molecular weight is 353 g/mol. The maximum absolute atomic E-state index is 11.7. The third-order valence-electron chi connectivity index (χ3n) is 3.38. The zero-order chi connectivity index (χ0) is 18.7. The molecule has 1 rings (SSSR count). The number of unbranched alkanes of at least 4 members (excludes halogenated alkanes) is 2. The van der Waals surface area contributed by atoms with Gasteiger partial charge in [0.05, 0.1) is 31.5 Å². The van der Waals surface area contributed by atoms with E-state index >= 15 is 0 Å². The number of hydrogen-bond acceptors (Lipinski definition) is 7. The number of esters is 2. The van der Waals surface area contributed by atoms with E-state index in [2.05, 4.69) is 6.92 Å². The molecule has 0 fully saturated rings. The fraction of sp³-hybridized carbons (Fsp3) is 0.529. The molecule has 0 amide bonds. The molecular formula is C17H23NO7. The average Bonchev–Trinajstić information content (AvgIpc) is 2.61. The summed E-state index contributed by atoms with van der Waals surface area (Å²) in [5, 5.41) is 10.9. The number of rotatable bonds is 11. The van der Waals surface area contributed by atoms with Gasteiger partial charge in [0.1, 0.15) is 6.61 Å². The van der Waals surface area contributed by atoms with Gasteiger partial charge in [-0.05, 0) is 18.1 Å². The lowest BCUT2D eigenvalue weighted by molar-refractivity contribution is -0.385. The maximum Gasteiger partial charge on any atom is 0.311 e. The van der Waals surface area contributed by atoms with Crippen LogP contribution in [0.3, 0.4) is 0 Å². The first-order valence-electron chi connectivity index (χ1n) is 8.10. The van der Waals surface area contributed by atoms with Crippen molar-refractivity contribution in [2.24, 2.45) is 0 Å². The molecule has 0 radical (unpaired) electrons. The first-order valence-corrected chi connectivity index (χ1v) is 8.10. The zero-order valence-corrected chi connectivity index (χ0v) is 14.5. The number of benzene rings is 1. The molecule has 0 saturated heterocycles. The highest BCUT2D eigenvalue weighted by atomic mass is 16.6. The molecule has 0 unspecified atom stereocenters. The van der Waals surface area contributed by atoms with Gasteiger partial charge in [-0.1, -0.05) is 25.8 Å². The summed E-state index contributed by atoms with van der Waals surface area (Å²) in [5.41, 5.74) is 0.259. The number of nitro groups is 1. The Morgan fingerprint density at radius 3 is 2.40 bits per heavy atom. The highest BCUT2D eigenvalue weighted by molar-refractivity contribution is 5.77. The minimum absolute atomic E-state index is 0.0479. The molecule has 0 aromatic heterocycles. The summed E-state index contributed by atoms with van der Waals surface area (Å²) >= 11 is 0. The van der Waals surface area contributed by atoms with E-state index in [4.69, 9.17) is 14.2 Å². The van der Waals surface area contributed by atoms with Gasteiger partial charge in [0, 0.05) is 6.07 Å². The van der Waals surface area contributed by atoms with Gasteiger partial charge in [0.25, 0.3) is 0 Å². The Morgan fingerprint density at radius 1 is 1.12 bits per heavy atom. The van der Waals surface area contributed by atoms with Crippen LogP contribution in [0.5, 0.6) is 5.75 Å². The highest BCUT2D eigenvalue weighted by Gasteiger charge is 2.16. The smallest absolute Gasteiger partial charge is 0.311 e. The largest absolute Gasteiger partial charge is 0.490 e. The van der Waals surface area contributed by atoms with Crippen LogP contribution in [-0.2, 0) is 25.7 Å². The van der Waals surface area contributed by atoms with Gasteiger partial charge in [0.2, 0.25) is 0 Å². The fourth-order valence-electron chi connectivity index (χ4n) is 2.02. The van der Waals surface area contributed by atoms with E-state index in [1.54, 1.807) is 6.07 Å². The van der Waals surface area contributed by atoms with Gasteiger partial charge in [-0.3, -0.25) is 19.7 Å². The number of hydrogen-bond donors (Lipinski definition) is 0. The summed E-state index contributed by atoms with van der Waals surface area (Å²) in [6.45, 7) is 2.29. The van der Waals surface area contributed by atoms with E-state index < -0.39 is 16.9 Å². The monoisotopic (exact) mass is 353 g/mol. The van der Waals surface area contributed by atoms with Crippen LogP contribution in [0.25, 0.3) is 0 Å². The number of carbonyl (C=O) groups excluding carboxylic acids is 2. The summed E-state index contributed by atoms with van der Waals surface area (Å²) in [6, 6.07) is 4.30. The zero-order valence-electron chi connectivity index (χ0n) is 14.5. The molecule has 8 nitrogen and oxygen atoms in total. The van der Waals surface area contributed by atoms with E-state index in [1.165, 1.54) is 19.2 Å². The molecule has 138 valence electrons. The van der Waals surface area contributed by atoms with Crippen LogP contribution in [0, 0.1) is 10.1 Å². The number of ether oxygens (including phenoxy) is 3. The standard InChI is InChI=1S/C17H23NO7/c1-3-4-5-10-24-16(19)8-9-17(20)25-12-13-6-7-15(23-2)14(11-13)18(21)22/h6-7,11H,3-5,8-10,12H2,1-2H3. The van der Waals surface area contributed by atoms with Gasteiger partial charge >= 0.3 is 17.6 Å². The van der Waals surface area contributed by atoms with Crippen LogP contribution in [-0.4, -0.2) is 30.6 Å². The third-order valence-corrected chi connectivity index (χ3v) is 3.38. The lowest BCUT2D eigenvalue weighted by Crippen LogP contribution is -2.11. The van der Waals surface area contributed by atoms with Gasteiger partial charge < -0.3 is 14.2 Å². The van der Waals surface area contributed by atoms with Crippen LogP contribution < -0.4 is 4.74 Å². The van der Waals surface area contributed by atoms with Crippen LogP contribution in [0.2, 0.25) is 0 Å². The summed E-state index contributed by atoms with van der Waals surface area (Å²) < 4.78 is 14.9. The van der Waals surface area contributed by atoms with Crippen molar-refractivity contribution in [3.63, 3.8) is 0 Å². The third kappa shape index (κ3) is 7.65. The molecule has 1 aromatic carbocycles. The van der Waals surface area contributed by atoms with Gasteiger partial charge in [0.15, 0.2) is 5.75 Å². The molecule has 0 saturated carbocycles. The Balaban J connectivity index is 2.38. The predicted molar refractivity (Wildman–Crippen MR) is 89.2 cm³/mol. The number of methoxy groups -OCH3 is 1. The summed E-state index contributed by atoms with van der Waals surface area (Å²) in [5.74, 6) is -0.872. The van der Waals surface area contributed by atoms with Crippen molar-refractivity contribution in [2.45, 2.75) is 45.6 Å². The van der Waals surface area contributed by atoms with Gasteiger partial charge in [-0.2, -0.15) is 0 Å². The number of carbonyl (C=O) groups is 2. The van der Waals surface area contributed by atoms with Crippen LogP contribution in [0.1, 0.15) is 44.6 Å². The molecule has 0 aliphatic carbocycles. The number of nitro benzene ring substituents is 1. The first-order chi connectivity index (χ1) is 12.0. The van der Waals surface area contributed by atoms with Gasteiger partial charge in [-0.25, -0.2) is 0 Å². The second-order valence-electron chi connectivity index (χ2n) is 5.35. The van der Waals surface area contributed by atoms with E-state index in [1.807, 2.05) is 0 Å². The number of nitrogens with zero attached hydrogens (tertiary/aromatic N) is 1. The molecular weight excluding hydrogens is 330 g/mol. The van der Waals surface area contributed by atoms with Crippen LogP contribution in [0.4, 0.5) is 5.69 Å². The molecule has 0 bridgehead atoms. The second-order valence-corrected chi connectivity index (χ2v) is 5.35. The minimum Gasteiger partial charge on any atom is -0.490 e. The van der Waals surface area contributed by atoms with E-state index in [0.717, 1.165) is 19.3 Å². The molecule has 1 aromatic rings. The summed E-state index contributed by atoms with van der Waals surface area (Å²) in [6.07, 6.45) is 2.69. The Kier molecular flexibility index (Phi) is 8.99. The van der Waals surface area contributed by atoms with E-state index in [9.17, 15) is 19.7 Å². The molecule has 0 N–H and O–H groups in total. The Morgan fingerprint density at radius 2 is 1.80 bits per heavy atom. The molecule has 25 heavy (non-hydrogen) atoms. The molecule has 0 heterocycles. The van der Waals surface area contributed by atoms with Crippen molar-refractivity contribution in [3.05, 3.63) is 33.9 Å².